The molecule has 0 spiro atoms. The van der Waals surface area contributed by atoms with Gasteiger partial charge < -0.3 is 20.3 Å². The molecule has 0 aliphatic carbocycles. The topological polar surface area (TPSA) is 53.6 Å². The van der Waals surface area contributed by atoms with E-state index in [-0.39, 0.29) is 11.6 Å². The highest BCUT2D eigenvalue weighted by Crippen LogP contribution is 2.23. The van der Waals surface area contributed by atoms with Crippen molar-refractivity contribution in [1.82, 2.24) is 10.2 Å². The lowest BCUT2D eigenvalue weighted by Crippen LogP contribution is -2.43. The number of carbonyl (C=O) groups is 1. The zero-order chi connectivity index (χ0) is 16.6. The molecule has 0 aliphatic heterocycles. The van der Waals surface area contributed by atoms with Crippen molar-refractivity contribution >= 4 is 11.7 Å². The highest BCUT2D eigenvalue weighted by Gasteiger charge is 2.15. The molecule has 2 amide bonds. The number of urea groups is 1. The molecule has 0 atom stereocenters. The third-order valence-electron chi connectivity index (χ3n) is 3.18. The summed E-state index contributed by atoms with van der Waals surface area (Å²) >= 11 is 0. The molecule has 1 aromatic carbocycles. The number of anilines is 1. The van der Waals surface area contributed by atoms with Gasteiger partial charge in [0.1, 0.15) is 12.4 Å². The summed E-state index contributed by atoms with van der Waals surface area (Å²) < 4.78 is 5.82. The number of para-hydroxylation sites is 2. The zero-order valence-electron chi connectivity index (χ0n) is 14.4. The minimum absolute atomic E-state index is 0.229. The first-order valence-corrected chi connectivity index (χ1v) is 7.89. The second kappa shape index (κ2) is 8.63. The zero-order valence-corrected chi connectivity index (χ0v) is 14.4. The molecule has 22 heavy (non-hydrogen) atoms. The van der Waals surface area contributed by atoms with Crippen LogP contribution in [0.15, 0.2) is 24.3 Å². The number of nitrogens with one attached hydrogen (secondary N) is 2. The van der Waals surface area contributed by atoms with Crippen molar-refractivity contribution in [2.75, 3.05) is 31.6 Å². The van der Waals surface area contributed by atoms with E-state index in [9.17, 15) is 4.79 Å². The smallest absolute Gasteiger partial charge is 0.319 e. The van der Waals surface area contributed by atoms with Crippen LogP contribution >= 0.6 is 0 Å². The van der Waals surface area contributed by atoms with E-state index >= 15 is 0 Å². The maximum atomic E-state index is 12.0. The second-order valence-electron chi connectivity index (χ2n) is 6.20. The van der Waals surface area contributed by atoms with E-state index in [1.165, 1.54) is 0 Å². The molecule has 0 heterocycles. The summed E-state index contributed by atoms with van der Waals surface area (Å²) in [7, 11) is 0. The van der Waals surface area contributed by atoms with Gasteiger partial charge in [0.15, 0.2) is 0 Å². The van der Waals surface area contributed by atoms with Gasteiger partial charge in [0.25, 0.3) is 0 Å². The number of hydrogen-bond acceptors (Lipinski definition) is 3. The van der Waals surface area contributed by atoms with Crippen LogP contribution in [0.2, 0.25) is 0 Å². The molecule has 2 N–H and O–H groups in total. The Morgan fingerprint density at radius 3 is 2.41 bits per heavy atom. The summed E-state index contributed by atoms with van der Waals surface area (Å²) in [6.07, 6.45) is 0. The Hall–Kier alpha value is -1.75. The van der Waals surface area contributed by atoms with Crippen LogP contribution in [0.1, 0.15) is 34.6 Å². The molecule has 0 aliphatic rings. The van der Waals surface area contributed by atoms with Gasteiger partial charge in [0.2, 0.25) is 0 Å². The van der Waals surface area contributed by atoms with E-state index in [4.69, 9.17) is 4.74 Å². The summed E-state index contributed by atoms with van der Waals surface area (Å²) in [5.41, 5.74) is 0.409. The Bertz CT molecular complexity index is 465. The fraction of sp³-hybridized carbons (Fsp3) is 0.588. The Labute approximate surface area is 134 Å². The molecule has 0 saturated heterocycles. The van der Waals surface area contributed by atoms with E-state index in [1.54, 1.807) is 0 Å². The van der Waals surface area contributed by atoms with Crippen molar-refractivity contribution in [3.63, 3.8) is 0 Å². The molecule has 0 saturated carbocycles. The van der Waals surface area contributed by atoms with Crippen molar-refractivity contribution in [3.8, 4) is 5.75 Å². The predicted molar refractivity (Wildman–Crippen MR) is 91.6 cm³/mol. The number of rotatable bonds is 7. The SMILES string of the molecule is CCN(CC)CCOc1ccccc1NC(=O)NC(C)(C)C. The molecular formula is C17H29N3O2. The third kappa shape index (κ3) is 6.80. The number of benzene rings is 1. The standard InChI is InChI=1S/C17H29N3O2/c1-6-20(7-2)12-13-22-15-11-9-8-10-14(15)18-16(21)19-17(3,4)5/h8-11H,6-7,12-13H2,1-5H3,(H2,18,19,21). The van der Waals surface area contributed by atoms with E-state index in [0.717, 1.165) is 19.6 Å². The van der Waals surface area contributed by atoms with E-state index < -0.39 is 0 Å². The summed E-state index contributed by atoms with van der Waals surface area (Å²) in [4.78, 5) is 14.3. The molecule has 5 heteroatoms. The predicted octanol–water partition coefficient (Wildman–Crippen LogP) is 3.33. The van der Waals surface area contributed by atoms with Gasteiger partial charge in [-0.1, -0.05) is 26.0 Å². The minimum atomic E-state index is -0.275. The first-order valence-electron chi connectivity index (χ1n) is 7.89. The average molecular weight is 307 g/mol. The van der Waals surface area contributed by atoms with Gasteiger partial charge in [-0.15, -0.1) is 0 Å². The lowest BCUT2D eigenvalue weighted by Gasteiger charge is -2.22. The molecule has 0 radical (unpaired) electrons. The van der Waals surface area contributed by atoms with Crippen LogP contribution in [-0.4, -0.2) is 42.7 Å². The Morgan fingerprint density at radius 1 is 1.18 bits per heavy atom. The first-order chi connectivity index (χ1) is 10.4. The van der Waals surface area contributed by atoms with Crippen molar-refractivity contribution in [1.29, 1.82) is 0 Å². The van der Waals surface area contributed by atoms with E-state index in [2.05, 4.69) is 29.4 Å². The molecule has 1 rings (SSSR count). The fourth-order valence-corrected chi connectivity index (χ4v) is 2.01. The van der Waals surface area contributed by atoms with Crippen LogP contribution in [0.4, 0.5) is 10.5 Å². The van der Waals surface area contributed by atoms with Crippen molar-refractivity contribution < 1.29 is 9.53 Å². The normalized spacial score (nSPS) is 11.4. The maximum Gasteiger partial charge on any atom is 0.319 e. The molecule has 0 bridgehead atoms. The largest absolute Gasteiger partial charge is 0.490 e. The number of nitrogens with zero attached hydrogens (tertiary/aromatic N) is 1. The van der Waals surface area contributed by atoms with Crippen LogP contribution in [0, 0.1) is 0 Å². The monoisotopic (exact) mass is 307 g/mol. The van der Waals surface area contributed by atoms with Gasteiger partial charge in [0, 0.05) is 12.1 Å². The van der Waals surface area contributed by atoms with Crippen molar-refractivity contribution in [2.45, 2.75) is 40.2 Å². The highest BCUT2D eigenvalue weighted by molar-refractivity contribution is 5.91. The van der Waals surface area contributed by atoms with Crippen LogP contribution in [-0.2, 0) is 0 Å². The number of ether oxygens (including phenoxy) is 1. The minimum Gasteiger partial charge on any atom is -0.490 e. The summed E-state index contributed by atoms with van der Waals surface area (Å²) in [5.74, 6) is 0.693. The maximum absolute atomic E-state index is 12.0. The van der Waals surface area contributed by atoms with Crippen LogP contribution in [0.5, 0.6) is 5.75 Å². The fourth-order valence-electron chi connectivity index (χ4n) is 2.01. The molecule has 0 fully saturated rings. The molecule has 0 aromatic heterocycles. The van der Waals surface area contributed by atoms with Gasteiger partial charge in [-0.2, -0.15) is 0 Å². The van der Waals surface area contributed by atoms with Gasteiger partial charge in [0.05, 0.1) is 5.69 Å². The van der Waals surface area contributed by atoms with Gasteiger partial charge in [-0.3, -0.25) is 0 Å². The lowest BCUT2D eigenvalue weighted by molar-refractivity contribution is 0.223. The highest BCUT2D eigenvalue weighted by atomic mass is 16.5. The number of carbonyl (C=O) groups excluding carboxylic acids is 1. The van der Waals surface area contributed by atoms with Crippen LogP contribution in [0.25, 0.3) is 0 Å². The van der Waals surface area contributed by atoms with Gasteiger partial charge in [-0.25, -0.2) is 4.79 Å². The van der Waals surface area contributed by atoms with Crippen LogP contribution < -0.4 is 15.4 Å². The van der Waals surface area contributed by atoms with Crippen molar-refractivity contribution in [2.24, 2.45) is 0 Å². The number of hydrogen-bond donors (Lipinski definition) is 2. The Kier molecular flexibility index (Phi) is 7.18. The average Bonchev–Trinajstić information content (AvgIpc) is 2.43. The second-order valence-corrected chi connectivity index (χ2v) is 6.20. The summed E-state index contributed by atoms with van der Waals surface area (Å²) in [6, 6.07) is 7.26. The molecule has 124 valence electrons. The van der Waals surface area contributed by atoms with E-state index in [1.807, 2.05) is 45.0 Å². The Balaban J connectivity index is 2.60. The molecular weight excluding hydrogens is 278 g/mol. The third-order valence-corrected chi connectivity index (χ3v) is 3.18. The first kappa shape index (κ1) is 18.3. The van der Waals surface area contributed by atoms with Crippen molar-refractivity contribution in [3.05, 3.63) is 24.3 Å². The number of likely N-dealkylation sites (N-methyl/N-ethyl adjacent to an activating group) is 1. The van der Waals surface area contributed by atoms with Crippen LogP contribution in [0.3, 0.4) is 0 Å². The quantitative estimate of drug-likeness (QED) is 0.812. The molecule has 5 nitrogen and oxygen atoms in total. The summed E-state index contributed by atoms with van der Waals surface area (Å²) in [6.45, 7) is 13.6. The van der Waals surface area contributed by atoms with E-state index in [0.29, 0.717) is 18.0 Å². The van der Waals surface area contributed by atoms with Gasteiger partial charge in [-0.05, 0) is 46.0 Å². The molecule has 1 aromatic rings. The van der Waals surface area contributed by atoms with Gasteiger partial charge >= 0.3 is 6.03 Å². The molecule has 0 unspecified atom stereocenters. The Morgan fingerprint density at radius 2 is 1.82 bits per heavy atom. The summed E-state index contributed by atoms with van der Waals surface area (Å²) in [5, 5.41) is 5.72. The lowest BCUT2D eigenvalue weighted by atomic mass is 10.1. The number of amides is 2.